The molecule has 0 aliphatic heterocycles. The molecule has 5 nitrogen and oxygen atoms in total. The Kier molecular flexibility index (Phi) is 4.65. The van der Waals surface area contributed by atoms with Gasteiger partial charge in [-0.25, -0.2) is 0 Å². The Labute approximate surface area is 125 Å². The number of hydrogen-bond donors (Lipinski definition) is 2. The van der Waals surface area contributed by atoms with Gasteiger partial charge in [0.15, 0.2) is 0 Å². The van der Waals surface area contributed by atoms with Gasteiger partial charge in [-0.3, -0.25) is 9.59 Å². The molecule has 1 amide bonds. The Hall–Kier alpha value is -1.56. The quantitative estimate of drug-likeness (QED) is 0.882. The van der Waals surface area contributed by atoms with E-state index in [0.29, 0.717) is 30.7 Å². The van der Waals surface area contributed by atoms with Crippen molar-refractivity contribution in [2.75, 3.05) is 12.4 Å². The highest BCUT2D eigenvalue weighted by Gasteiger charge is 2.34. The van der Waals surface area contributed by atoms with Crippen molar-refractivity contribution in [2.45, 2.75) is 19.3 Å². The average molecular weight is 342 g/mol. The first-order valence-corrected chi connectivity index (χ1v) is 7.17. The van der Waals surface area contributed by atoms with Crippen molar-refractivity contribution in [2.24, 2.45) is 11.8 Å². The van der Waals surface area contributed by atoms with Crippen LogP contribution in [0.5, 0.6) is 5.75 Å². The number of ether oxygens (including phenoxy) is 1. The molecule has 1 aliphatic carbocycles. The maximum Gasteiger partial charge on any atom is 0.306 e. The van der Waals surface area contributed by atoms with Gasteiger partial charge in [0.2, 0.25) is 5.91 Å². The summed E-state index contributed by atoms with van der Waals surface area (Å²) in [6.07, 6.45) is 1.57. The third kappa shape index (κ3) is 3.30. The largest absolute Gasteiger partial charge is 0.495 e. The first-order chi connectivity index (χ1) is 9.51. The summed E-state index contributed by atoms with van der Waals surface area (Å²) in [5, 5.41) is 11.8. The van der Waals surface area contributed by atoms with E-state index in [0.717, 1.165) is 4.47 Å². The molecule has 0 bridgehead atoms. The third-order valence-electron chi connectivity index (χ3n) is 3.57. The van der Waals surface area contributed by atoms with E-state index in [1.165, 1.54) is 7.11 Å². The van der Waals surface area contributed by atoms with Gasteiger partial charge in [0.1, 0.15) is 5.75 Å². The Morgan fingerprint density at radius 1 is 1.35 bits per heavy atom. The molecule has 2 rings (SSSR count). The summed E-state index contributed by atoms with van der Waals surface area (Å²) in [6, 6.07) is 5.35. The fourth-order valence-electron chi connectivity index (χ4n) is 2.46. The van der Waals surface area contributed by atoms with Crippen LogP contribution in [0.15, 0.2) is 22.7 Å². The van der Waals surface area contributed by atoms with E-state index in [9.17, 15) is 9.59 Å². The molecule has 0 heterocycles. The van der Waals surface area contributed by atoms with Crippen LogP contribution in [0.4, 0.5) is 5.69 Å². The lowest BCUT2D eigenvalue weighted by molar-refractivity contribution is -0.141. The second-order valence-corrected chi connectivity index (χ2v) is 5.79. The number of carbonyl (C=O) groups excluding carboxylic acids is 1. The molecule has 1 saturated carbocycles. The fraction of sp³-hybridized carbons (Fsp3) is 0.429. The molecule has 0 aromatic heterocycles. The summed E-state index contributed by atoms with van der Waals surface area (Å²) in [7, 11) is 1.54. The minimum absolute atomic E-state index is 0.148. The first kappa shape index (κ1) is 14.8. The number of carboxylic acid groups (broad SMARTS) is 1. The summed E-state index contributed by atoms with van der Waals surface area (Å²) in [4.78, 5) is 23.1. The number of halogens is 1. The molecule has 2 N–H and O–H groups in total. The zero-order valence-corrected chi connectivity index (χ0v) is 12.6. The number of hydrogen-bond acceptors (Lipinski definition) is 3. The van der Waals surface area contributed by atoms with Gasteiger partial charge in [0.05, 0.1) is 18.7 Å². The van der Waals surface area contributed by atoms with E-state index in [-0.39, 0.29) is 11.8 Å². The van der Waals surface area contributed by atoms with Crippen LogP contribution in [0.25, 0.3) is 0 Å². The van der Waals surface area contributed by atoms with E-state index in [4.69, 9.17) is 9.84 Å². The summed E-state index contributed by atoms with van der Waals surface area (Å²) in [5.74, 6) is -1.05. The van der Waals surface area contributed by atoms with E-state index in [2.05, 4.69) is 21.2 Å². The number of benzene rings is 1. The molecular formula is C14H16BrNO4. The number of methoxy groups -OCH3 is 1. The number of carbonyl (C=O) groups is 2. The fourth-order valence-corrected chi connectivity index (χ4v) is 2.82. The molecule has 6 heteroatoms. The molecule has 108 valence electrons. The monoisotopic (exact) mass is 341 g/mol. The van der Waals surface area contributed by atoms with E-state index >= 15 is 0 Å². The zero-order valence-electron chi connectivity index (χ0n) is 11.1. The molecule has 2 atom stereocenters. The van der Waals surface area contributed by atoms with Gasteiger partial charge in [-0.1, -0.05) is 15.9 Å². The van der Waals surface area contributed by atoms with Crippen LogP contribution in [0.2, 0.25) is 0 Å². The predicted octanol–water partition coefficient (Wildman–Crippen LogP) is 2.90. The van der Waals surface area contributed by atoms with Gasteiger partial charge in [-0.05, 0) is 37.5 Å². The number of nitrogens with one attached hydrogen (secondary N) is 1. The minimum atomic E-state index is -0.819. The van der Waals surface area contributed by atoms with Crippen molar-refractivity contribution < 1.29 is 19.4 Å². The molecule has 1 fully saturated rings. The van der Waals surface area contributed by atoms with Crippen molar-refractivity contribution in [1.29, 1.82) is 0 Å². The van der Waals surface area contributed by atoms with E-state index in [1.807, 2.05) is 6.07 Å². The second-order valence-electron chi connectivity index (χ2n) is 4.88. The molecule has 1 aliphatic rings. The smallest absolute Gasteiger partial charge is 0.306 e. The van der Waals surface area contributed by atoms with Crippen LogP contribution in [-0.2, 0) is 9.59 Å². The van der Waals surface area contributed by atoms with Gasteiger partial charge in [0, 0.05) is 10.4 Å². The van der Waals surface area contributed by atoms with Crippen molar-refractivity contribution in [1.82, 2.24) is 0 Å². The van der Waals surface area contributed by atoms with E-state index in [1.54, 1.807) is 12.1 Å². The third-order valence-corrected chi connectivity index (χ3v) is 4.07. The Morgan fingerprint density at radius 3 is 2.65 bits per heavy atom. The summed E-state index contributed by atoms with van der Waals surface area (Å²) < 4.78 is 6.03. The van der Waals surface area contributed by atoms with Crippen molar-refractivity contribution >= 4 is 33.5 Å². The van der Waals surface area contributed by atoms with Crippen LogP contribution in [0.3, 0.4) is 0 Å². The molecule has 0 spiro atoms. The number of rotatable bonds is 4. The summed E-state index contributed by atoms with van der Waals surface area (Å²) >= 11 is 3.34. The topological polar surface area (TPSA) is 75.6 Å². The number of carboxylic acids is 1. The van der Waals surface area contributed by atoms with Crippen LogP contribution in [0.1, 0.15) is 19.3 Å². The van der Waals surface area contributed by atoms with Gasteiger partial charge < -0.3 is 15.2 Å². The summed E-state index contributed by atoms with van der Waals surface area (Å²) in [5.41, 5.74) is 0.589. The molecule has 0 unspecified atom stereocenters. The second kappa shape index (κ2) is 6.26. The Morgan fingerprint density at radius 2 is 2.05 bits per heavy atom. The van der Waals surface area contributed by atoms with Crippen molar-refractivity contribution in [3.63, 3.8) is 0 Å². The normalized spacial score (nSPS) is 21.5. The average Bonchev–Trinajstić information content (AvgIpc) is 2.89. The maximum absolute atomic E-state index is 12.2. The first-order valence-electron chi connectivity index (χ1n) is 6.38. The number of aliphatic carboxylic acids is 1. The molecule has 0 saturated heterocycles. The van der Waals surface area contributed by atoms with Crippen LogP contribution in [0, 0.1) is 11.8 Å². The SMILES string of the molecule is COc1ccc(Br)cc1NC(=O)[C@@H]1CC[C@H](C(=O)O)C1. The van der Waals surface area contributed by atoms with Crippen LogP contribution >= 0.6 is 15.9 Å². The Bertz CT molecular complexity index is 532. The highest BCUT2D eigenvalue weighted by Crippen LogP contribution is 2.33. The standard InChI is InChI=1S/C14H16BrNO4/c1-20-12-5-4-10(15)7-11(12)16-13(17)8-2-3-9(6-8)14(18)19/h4-5,7-9H,2-3,6H2,1H3,(H,16,17)(H,18,19)/t8-,9+/m1/s1. The molecular weight excluding hydrogens is 326 g/mol. The van der Waals surface area contributed by atoms with Crippen molar-refractivity contribution in [3.8, 4) is 5.75 Å². The van der Waals surface area contributed by atoms with Gasteiger partial charge >= 0.3 is 5.97 Å². The molecule has 1 aromatic rings. The lowest BCUT2D eigenvalue weighted by Gasteiger charge is -2.14. The summed E-state index contributed by atoms with van der Waals surface area (Å²) in [6.45, 7) is 0. The highest BCUT2D eigenvalue weighted by atomic mass is 79.9. The lowest BCUT2D eigenvalue weighted by atomic mass is 10.0. The van der Waals surface area contributed by atoms with Gasteiger partial charge in [-0.2, -0.15) is 0 Å². The molecule has 20 heavy (non-hydrogen) atoms. The number of anilines is 1. The van der Waals surface area contributed by atoms with Gasteiger partial charge in [-0.15, -0.1) is 0 Å². The predicted molar refractivity (Wildman–Crippen MR) is 77.8 cm³/mol. The lowest BCUT2D eigenvalue weighted by Crippen LogP contribution is -2.22. The molecule has 1 aromatic carbocycles. The highest BCUT2D eigenvalue weighted by molar-refractivity contribution is 9.10. The van der Waals surface area contributed by atoms with Crippen molar-refractivity contribution in [3.05, 3.63) is 22.7 Å². The van der Waals surface area contributed by atoms with Gasteiger partial charge in [0.25, 0.3) is 0 Å². The number of amides is 1. The Balaban J connectivity index is 2.05. The van der Waals surface area contributed by atoms with Crippen LogP contribution < -0.4 is 10.1 Å². The van der Waals surface area contributed by atoms with Crippen LogP contribution in [-0.4, -0.2) is 24.1 Å². The molecule has 0 radical (unpaired) electrons. The maximum atomic E-state index is 12.2. The zero-order chi connectivity index (χ0) is 14.7. The van der Waals surface area contributed by atoms with E-state index < -0.39 is 11.9 Å². The minimum Gasteiger partial charge on any atom is -0.495 e.